The van der Waals surface area contributed by atoms with Crippen LogP contribution in [0, 0.1) is 0 Å². The second-order valence-electron chi connectivity index (χ2n) is 6.16. The molecule has 1 amide bonds. The molecule has 0 aliphatic heterocycles. The van der Waals surface area contributed by atoms with Gasteiger partial charge in [0, 0.05) is 6.54 Å². The Balaban J connectivity index is 2.24. The first-order valence-corrected chi connectivity index (χ1v) is 8.13. The molecule has 0 bridgehead atoms. The minimum Gasteiger partial charge on any atom is -0.355 e. The Kier molecular flexibility index (Phi) is 4.02. The average molecular weight is 293 g/mol. The molecule has 0 radical (unpaired) electrons. The summed E-state index contributed by atoms with van der Waals surface area (Å²) in [5, 5.41) is 3.07. The minimum atomic E-state index is -0.555. The quantitative estimate of drug-likeness (QED) is 0.910. The van der Waals surface area contributed by atoms with Crippen LogP contribution in [0.5, 0.6) is 0 Å². The number of carbonyl (C=O) groups excluding carboxylic acids is 1. The van der Waals surface area contributed by atoms with Crippen LogP contribution in [0.1, 0.15) is 49.3 Å². The molecule has 0 fully saturated rings. The molecule has 0 saturated carbocycles. The Morgan fingerprint density at radius 3 is 2.55 bits per heavy atom. The van der Waals surface area contributed by atoms with E-state index in [4.69, 9.17) is 0 Å². The Labute approximate surface area is 132 Å². The van der Waals surface area contributed by atoms with Crippen molar-refractivity contribution in [2.45, 2.75) is 38.0 Å². The molecule has 0 unspecified atom stereocenters. The summed E-state index contributed by atoms with van der Waals surface area (Å²) in [5.74, 6) is 0.628. The van der Waals surface area contributed by atoms with Crippen LogP contribution >= 0.6 is 0 Å². The molecule has 114 valence electrons. The molecule has 0 aromatic heterocycles. The Morgan fingerprint density at radius 2 is 1.82 bits per heavy atom. The van der Waals surface area contributed by atoms with E-state index in [2.05, 4.69) is 42.6 Å². The summed E-state index contributed by atoms with van der Waals surface area (Å²) in [7, 11) is 0. The van der Waals surface area contributed by atoms with E-state index in [0.717, 1.165) is 18.4 Å². The van der Waals surface area contributed by atoms with Crippen molar-refractivity contribution < 1.29 is 4.79 Å². The third-order valence-electron chi connectivity index (χ3n) is 4.90. The van der Waals surface area contributed by atoms with Gasteiger partial charge in [-0.05, 0) is 42.4 Å². The smallest absolute Gasteiger partial charge is 0.235 e. The largest absolute Gasteiger partial charge is 0.355 e. The average Bonchev–Trinajstić information content (AvgIpc) is 2.57. The van der Waals surface area contributed by atoms with E-state index in [1.54, 1.807) is 0 Å². The summed E-state index contributed by atoms with van der Waals surface area (Å²) >= 11 is 0. The molecule has 3 rings (SSSR count). The van der Waals surface area contributed by atoms with Crippen LogP contribution in [-0.2, 0) is 10.2 Å². The number of fused-ring (bicyclic) bond motifs is 1. The molecule has 2 heteroatoms. The zero-order valence-corrected chi connectivity index (χ0v) is 13.3. The first kappa shape index (κ1) is 14.8. The summed E-state index contributed by atoms with van der Waals surface area (Å²) in [5.41, 5.74) is 3.02. The highest BCUT2D eigenvalue weighted by atomic mass is 16.2. The number of amides is 1. The molecule has 2 aromatic rings. The number of nitrogens with one attached hydrogen (secondary N) is 1. The Morgan fingerprint density at radius 1 is 1.14 bits per heavy atom. The number of hydrogen-bond donors (Lipinski definition) is 1. The van der Waals surface area contributed by atoms with Gasteiger partial charge >= 0.3 is 0 Å². The number of benzene rings is 2. The van der Waals surface area contributed by atoms with Crippen molar-refractivity contribution in [2.75, 3.05) is 6.54 Å². The molecule has 0 saturated heterocycles. The normalized spacial score (nSPS) is 23.6. The van der Waals surface area contributed by atoms with E-state index in [9.17, 15) is 4.79 Å². The zero-order chi connectivity index (χ0) is 15.6. The fourth-order valence-electron chi connectivity index (χ4n) is 3.74. The lowest BCUT2D eigenvalue weighted by molar-refractivity contribution is -0.125. The molecule has 1 aliphatic carbocycles. The van der Waals surface area contributed by atoms with E-state index >= 15 is 0 Å². The van der Waals surface area contributed by atoms with E-state index in [0.29, 0.717) is 12.5 Å². The molecular formula is C20H23NO. The van der Waals surface area contributed by atoms with E-state index in [1.807, 2.05) is 31.2 Å². The van der Waals surface area contributed by atoms with Crippen LogP contribution in [0.3, 0.4) is 0 Å². The van der Waals surface area contributed by atoms with Crippen molar-refractivity contribution in [3.8, 4) is 0 Å². The number of carbonyl (C=O) groups is 1. The zero-order valence-electron chi connectivity index (χ0n) is 13.3. The van der Waals surface area contributed by atoms with Gasteiger partial charge in [-0.25, -0.2) is 0 Å². The highest BCUT2D eigenvalue weighted by Gasteiger charge is 2.45. The predicted molar refractivity (Wildman–Crippen MR) is 90.0 cm³/mol. The summed E-state index contributed by atoms with van der Waals surface area (Å²) in [4.78, 5) is 13.1. The predicted octanol–water partition coefficient (Wildman–Crippen LogP) is 4.01. The number of likely N-dealkylation sites (N-methyl/N-ethyl adjacent to an activating group) is 1. The van der Waals surface area contributed by atoms with Gasteiger partial charge in [0.05, 0.1) is 5.41 Å². The third kappa shape index (κ3) is 2.23. The van der Waals surface area contributed by atoms with Gasteiger partial charge in [0.1, 0.15) is 0 Å². The maximum Gasteiger partial charge on any atom is 0.235 e. The molecular weight excluding hydrogens is 270 g/mol. The van der Waals surface area contributed by atoms with Gasteiger partial charge in [0.15, 0.2) is 0 Å². The molecule has 2 atom stereocenters. The van der Waals surface area contributed by atoms with Crippen LogP contribution in [0.15, 0.2) is 54.6 Å². The van der Waals surface area contributed by atoms with Crippen LogP contribution in [0.25, 0.3) is 0 Å². The molecule has 0 spiro atoms. The molecule has 22 heavy (non-hydrogen) atoms. The summed E-state index contributed by atoms with van der Waals surface area (Å²) in [6.07, 6.45) is 1.89. The first-order chi connectivity index (χ1) is 10.7. The summed E-state index contributed by atoms with van der Waals surface area (Å²) in [6, 6.07) is 18.7. The van der Waals surface area contributed by atoms with Gasteiger partial charge in [-0.1, -0.05) is 61.5 Å². The topological polar surface area (TPSA) is 29.1 Å². The van der Waals surface area contributed by atoms with Crippen molar-refractivity contribution in [3.05, 3.63) is 71.3 Å². The van der Waals surface area contributed by atoms with E-state index in [-0.39, 0.29) is 5.91 Å². The highest BCUT2D eigenvalue weighted by Crippen LogP contribution is 2.46. The maximum absolute atomic E-state index is 13.1. The minimum absolute atomic E-state index is 0.126. The number of hydrogen-bond acceptors (Lipinski definition) is 1. The molecule has 0 heterocycles. The fraction of sp³-hybridized carbons (Fsp3) is 0.350. The third-order valence-corrected chi connectivity index (χ3v) is 4.90. The Bertz CT molecular complexity index is 664. The monoisotopic (exact) mass is 293 g/mol. The highest BCUT2D eigenvalue weighted by molar-refractivity contribution is 5.93. The molecule has 2 aromatic carbocycles. The molecule has 2 nitrogen and oxygen atoms in total. The van der Waals surface area contributed by atoms with Crippen LogP contribution in [-0.4, -0.2) is 12.5 Å². The van der Waals surface area contributed by atoms with Crippen molar-refractivity contribution in [1.29, 1.82) is 0 Å². The lowest BCUT2D eigenvalue weighted by Gasteiger charge is -2.40. The molecule has 1 aliphatic rings. The SMILES string of the molecule is CCNC(=O)[C@]1(c2ccccc2)CC[C@@H](C)c2ccccc21. The summed E-state index contributed by atoms with van der Waals surface area (Å²) in [6.45, 7) is 4.89. The van der Waals surface area contributed by atoms with Crippen LogP contribution < -0.4 is 5.32 Å². The van der Waals surface area contributed by atoms with Crippen molar-refractivity contribution >= 4 is 5.91 Å². The summed E-state index contributed by atoms with van der Waals surface area (Å²) < 4.78 is 0. The lowest BCUT2D eigenvalue weighted by Crippen LogP contribution is -2.47. The van der Waals surface area contributed by atoms with Gasteiger partial charge < -0.3 is 5.32 Å². The Hall–Kier alpha value is -2.09. The van der Waals surface area contributed by atoms with Crippen LogP contribution in [0.4, 0.5) is 0 Å². The van der Waals surface area contributed by atoms with E-state index in [1.165, 1.54) is 11.1 Å². The van der Waals surface area contributed by atoms with Gasteiger partial charge in [0.2, 0.25) is 5.91 Å². The van der Waals surface area contributed by atoms with Crippen LogP contribution in [0.2, 0.25) is 0 Å². The second kappa shape index (κ2) is 5.96. The van der Waals surface area contributed by atoms with Gasteiger partial charge in [-0.15, -0.1) is 0 Å². The van der Waals surface area contributed by atoms with E-state index < -0.39 is 5.41 Å². The number of rotatable bonds is 3. The van der Waals surface area contributed by atoms with Crippen molar-refractivity contribution in [3.63, 3.8) is 0 Å². The molecule has 1 N–H and O–H groups in total. The van der Waals surface area contributed by atoms with Crippen molar-refractivity contribution in [2.24, 2.45) is 0 Å². The maximum atomic E-state index is 13.1. The van der Waals surface area contributed by atoms with Crippen molar-refractivity contribution in [1.82, 2.24) is 5.32 Å². The second-order valence-corrected chi connectivity index (χ2v) is 6.16. The fourth-order valence-corrected chi connectivity index (χ4v) is 3.74. The van der Waals surface area contributed by atoms with Gasteiger partial charge in [-0.3, -0.25) is 4.79 Å². The lowest BCUT2D eigenvalue weighted by atomic mass is 9.63. The van der Waals surface area contributed by atoms with Gasteiger partial charge in [0.25, 0.3) is 0 Å². The standard InChI is InChI=1S/C20H23NO/c1-3-21-19(22)20(16-9-5-4-6-10-16)14-13-15(2)17-11-7-8-12-18(17)20/h4-12,15H,3,13-14H2,1-2H3,(H,21,22)/t15-,20+/m1/s1. The first-order valence-electron chi connectivity index (χ1n) is 8.13. The van der Waals surface area contributed by atoms with Gasteiger partial charge in [-0.2, -0.15) is 0 Å².